The Morgan fingerprint density at radius 2 is 1.85 bits per heavy atom. The van der Waals surface area contributed by atoms with E-state index in [2.05, 4.69) is 4.99 Å². The molecule has 0 saturated heterocycles. The monoisotopic (exact) mass is 347 g/mol. The van der Waals surface area contributed by atoms with Crippen molar-refractivity contribution in [2.45, 2.75) is 6.92 Å². The molecule has 0 unspecified atom stereocenters. The van der Waals surface area contributed by atoms with E-state index < -0.39 is 11.7 Å². The summed E-state index contributed by atoms with van der Waals surface area (Å²) in [5.41, 5.74) is 18.8. The van der Waals surface area contributed by atoms with Gasteiger partial charge in [0.15, 0.2) is 5.78 Å². The van der Waals surface area contributed by atoms with Crippen LogP contribution in [0.2, 0.25) is 0 Å². The van der Waals surface area contributed by atoms with Crippen LogP contribution in [-0.2, 0) is 0 Å². The SMILES string of the molecule is Cc1ccc(C(N)=O)cc1N=C(N)C(=CN)C(=O)c1cccc(C#N)c1. The quantitative estimate of drug-likeness (QED) is 0.325. The topological polar surface area (TPSA) is 148 Å². The van der Waals surface area contributed by atoms with Crippen LogP contribution in [0.25, 0.3) is 0 Å². The number of rotatable bonds is 5. The van der Waals surface area contributed by atoms with E-state index in [1.807, 2.05) is 6.07 Å². The molecule has 26 heavy (non-hydrogen) atoms. The van der Waals surface area contributed by atoms with Gasteiger partial charge < -0.3 is 17.2 Å². The first-order valence-corrected chi connectivity index (χ1v) is 7.59. The van der Waals surface area contributed by atoms with Crippen LogP contribution < -0.4 is 17.2 Å². The summed E-state index contributed by atoms with van der Waals surface area (Å²) in [5.74, 6) is -1.17. The highest BCUT2D eigenvalue weighted by Gasteiger charge is 2.17. The first kappa shape index (κ1) is 18.4. The maximum Gasteiger partial charge on any atom is 0.248 e. The van der Waals surface area contributed by atoms with E-state index in [-0.39, 0.29) is 22.5 Å². The highest BCUT2D eigenvalue weighted by atomic mass is 16.1. The molecule has 0 atom stereocenters. The average Bonchev–Trinajstić information content (AvgIpc) is 2.63. The van der Waals surface area contributed by atoms with Crippen LogP contribution in [0.4, 0.5) is 5.69 Å². The molecule has 0 saturated carbocycles. The van der Waals surface area contributed by atoms with Gasteiger partial charge in [-0.25, -0.2) is 4.99 Å². The summed E-state index contributed by atoms with van der Waals surface area (Å²) >= 11 is 0. The number of amidine groups is 1. The number of benzene rings is 2. The standard InChI is InChI=1S/C19H17N5O2/c1-11-5-6-14(19(23)26)8-16(11)24-18(22)15(10-21)17(25)13-4-2-3-12(7-13)9-20/h2-8,10H,21H2,1H3,(H2,22,24)(H2,23,26). The Balaban J connectivity index is 2.43. The number of aryl methyl sites for hydroxylation is 1. The largest absolute Gasteiger partial charge is 0.404 e. The summed E-state index contributed by atoms with van der Waals surface area (Å²) in [6.45, 7) is 1.78. The minimum Gasteiger partial charge on any atom is -0.404 e. The van der Waals surface area contributed by atoms with Crippen LogP contribution in [0.1, 0.15) is 31.8 Å². The van der Waals surface area contributed by atoms with Gasteiger partial charge in [-0.15, -0.1) is 0 Å². The first-order chi connectivity index (χ1) is 12.4. The van der Waals surface area contributed by atoms with E-state index >= 15 is 0 Å². The predicted octanol–water partition coefficient (Wildman–Crippen LogP) is 1.68. The predicted molar refractivity (Wildman–Crippen MR) is 98.7 cm³/mol. The molecule has 7 nitrogen and oxygen atoms in total. The Labute approximate surface area is 150 Å². The third kappa shape index (κ3) is 3.94. The molecule has 0 spiro atoms. The minimum atomic E-state index is -0.598. The van der Waals surface area contributed by atoms with Gasteiger partial charge in [0.1, 0.15) is 5.84 Å². The number of nitrogens with zero attached hydrogens (tertiary/aromatic N) is 2. The van der Waals surface area contributed by atoms with Crippen LogP contribution in [0.5, 0.6) is 0 Å². The fourth-order valence-electron chi connectivity index (χ4n) is 2.24. The van der Waals surface area contributed by atoms with E-state index in [0.29, 0.717) is 11.3 Å². The molecule has 1 amide bonds. The van der Waals surface area contributed by atoms with Gasteiger partial charge in [-0.1, -0.05) is 18.2 Å². The lowest BCUT2D eigenvalue weighted by atomic mass is 10.0. The molecule has 130 valence electrons. The number of nitrogens with two attached hydrogens (primary N) is 3. The number of ketones is 1. The van der Waals surface area contributed by atoms with Gasteiger partial charge in [-0.2, -0.15) is 5.26 Å². The Bertz CT molecular complexity index is 984. The average molecular weight is 347 g/mol. The van der Waals surface area contributed by atoms with Gasteiger partial charge in [0.2, 0.25) is 5.91 Å². The van der Waals surface area contributed by atoms with Crippen LogP contribution in [0, 0.1) is 18.3 Å². The van der Waals surface area contributed by atoms with Gasteiger partial charge >= 0.3 is 0 Å². The van der Waals surface area contributed by atoms with Crippen molar-refractivity contribution in [3.05, 3.63) is 76.5 Å². The summed E-state index contributed by atoms with van der Waals surface area (Å²) in [6.07, 6.45) is 1.06. The fraction of sp³-hybridized carbons (Fsp3) is 0.0526. The Hall–Kier alpha value is -3.92. The molecule has 0 aliphatic carbocycles. The number of Topliss-reactive ketones (excluding diaryl/α,β-unsaturated/α-hetero) is 1. The van der Waals surface area contributed by atoms with Crippen LogP contribution in [0.3, 0.4) is 0 Å². The Morgan fingerprint density at radius 3 is 2.46 bits per heavy atom. The molecule has 7 heteroatoms. The summed E-state index contributed by atoms with van der Waals surface area (Å²) in [6, 6.07) is 12.9. The van der Waals surface area contributed by atoms with Gasteiger partial charge in [0, 0.05) is 17.3 Å². The highest BCUT2D eigenvalue weighted by molar-refractivity contribution is 6.27. The van der Waals surface area contributed by atoms with Crippen LogP contribution >= 0.6 is 0 Å². The van der Waals surface area contributed by atoms with Gasteiger partial charge in [-0.05, 0) is 36.8 Å². The third-order valence-corrected chi connectivity index (χ3v) is 3.68. The molecule has 2 aromatic rings. The Morgan fingerprint density at radius 1 is 1.12 bits per heavy atom. The molecular weight excluding hydrogens is 330 g/mol. The number of hydrogen-bond acceptors (Lipinski definition) is 5. The number of amides is 1. The van der Waals surface area contributed by atoms with E-state index in [1.165, 1.54) is 12.1 Å². The molecule has 0 fully saturated rings. The summed E-state index contributed by atoms with van der Waals surface area (Å²) in [5, 5.41) is 8.96. The van der Waals surface area contributed by atoms with E-state index in [9.17, 15) is 9.59 Å². The number of carbonyl (C=O) groups excluding carboxylic acids is 2. The zero-order valence-electron chi connectivity index (χ0n) is 14.1. The molecule has 6 N–H and O–H groups in total. The van der Waals surface area contributed by atoms with Crippen molar-refractivity contribution < 1.29 is 9.59 Å². The lowest BCUT2D eigenvalue weighted by Gasteiger charge is -2.08. The van der Waals surface area contributed by atoms with Crippen molar-refractivity contribution in [2.75, 3.05) is 0 Å². The van der Waals surface area contributed by atoms with Crippen molar-refractivity contribution in [3.8, 4) is 6.07 Å². The summed E-state index contributed by atoms with van der Waals surface area (Å²) in [4.78, 5) is 28.2. The smallest absolute Gasteiger partial charge is 0.248 e. The minimum absolute atomic E-state index is 0.0102. The van der Waals surface area contributed by atoms with Gasteiger partial charge in [-0.3, -0.25) is 9.59 Å². The second kappa shape index (κ2) is 7.77. The van der Waals surface area contributed by atoms with Gasteiger partial charge in [0.05, 0.1) is 22.9 Å². The maximum absolute atomic E-state index is 12.6. The molecular formula is C19H17N5O2. The molecule has 0 radical (unpaired) electrons. The molecule has 0 bridgehead atoms. The lowest BCUT2D eigenvalue weighted by molar-refractivity contribution is 0.0998. The number of primary amides is 1. The highest BCUT2D eigenvalue weighted by Crippen LogP contribution is 2.21. The van der Waals surface area contributed by atoms with E-state index in [1.54, 1.807) is 37.3 Å². The number of hydrogen-bond donors (Lipinski definition) is 3. The number of carbonyl (C=O) groups is 2. The van der Waals surface area contributed by atoms with Crippen molar-refractivity contribution in [3.63, 3.8) is 0 Å². The first-order valence-electron chi connectivity index (χ1n) is 7.59. The van der Waals surface area contributed by atoms with Gasteiger partial charge in [0.25, 0.3) is 0 Å². The van der Waals surface area contributed by atoms with Crippen molar-refractivity contribution in [2.24, 2.45) is 22.2 Å². The van der Waals surface area contributed by atoms with Crippen LogP contribution in [0.15, 0.2) is 59.2 Å². The van der Waals surface area contributed by atoms with E-state index in [0.717, 1.165) is 11.8 Å². The Kier molecular flexibility index (Phi) is 5.50. The van der Waals surface area contributed by atoms with Crippen molar-refractivity contribution >= 4 is 23.2 Å². The summed E-state index contributed by atoms with van der Waals surface area (Å²) < 4.78 is 0. The third-order valence-electron chi connectivity index (χ3n) is 3.68. The molecule has 0 aromatic heterocycles. The molecule has 2 aromatic carbocycles. The molecule has 0 aliphatic rings. The fourth-order valence-corrected chi connectivity index (χ4v) is 2.24. The second-order valence-corrected chi connectivity index (χ2v) is 5.46. The number of aliphatic imine (C=N–C) groups is 1. The number of nitriles is 1. The van der Waals surface area contributed by atoms with Crippen molar-refractivity contribution in [1.29, 1.82) is 5.26 Å². The molecule has 0 heterocycles. The maximum atomic E-state index is 12.6. The zero-order valence-corrected chi connectivity index (χ0v) is 14.1. The van der Waals surface area contributed by atoms with Crippen molar-refractivity contribution in [1.82, 2.24) is 0 Å². The normalized spacial score (nSPS) is 11.7. The zero-order chi connectivity index (χ0) is 19.3. The second-order valence-electron chi connectivity index (χ2n) is 5.46. The summed E-state index contributed by atoms with van der Waals surface area (Å²) in [7, 11) is 0. The molecule has 2 rings (SSSR count). The molecule has 0 aliphatic heterocycles. The lowest BCUT2D eigenvalue weighted by Crippen LogP contribution is -2.22. The van der Waals surface area contributed by atoms with E-state index in [4.69, 9.17) is 22.5 Å². The van der Waals surface area contributed by atoms with Crippen LogP contribution in [-0.4, -0.2) is 17.5 Å².